The first-order chi connectivity index (χ1) is 10.2. The van der Waals surface area contributed by atoms with Crippen molar-refractivity contribution in [3.8, 4) is 0 Å². The lowest BCUT2D eigenvalue weighted by atomic mass is 9.91. The lowest BCUT2D eigenvalue weighted by Gasteiger charge is -2.33. The summed E-state index contributed by atoms with van der Waals surface area (Å²) in [6.07, 6.45) is 3.30. The van der Waals surface area contributed by atoms with Gasteiger partial charge in [-0.1, -0.05) is 30.3 Å². The monoisotopic (exact) mass is 287 g/mol. The summed E-state index contributed by atoms with van der Waals surface area (Å²) >= 11 is 0. The fraction of sp³-hybridized carbons (Fsp3) is 0.529. The van der Waals surface area contributed by atoms with Crippen LogP contribution in [0.3, 0.4) is 0 Å². The SMILES string of the molecule is COC(=O)C1CCN(C(=O)C2(c3ccccc3)CC2)CC1. The molecule has 21 heavy (non-hydrogen) atoms. The lowest BCUT2D eigenvalue weighted by molar-refractivity contribution is -0.149. The van der Waals surface area contributed by atoms with Crippen LogP contribution in [0, 0.1) is 5.92 Å². The van der Waals surface area contributed by atoms with E-state index in [0.717, 1.165) is 18.4 Å². The second-order valence-corrected chi connectivity index (χ2v) is 6.04. The highest BCUT2D eigenvalue weighted by molar-refractivity contribution is 5.91. The smallest absolute Gasteiger partial charge is 0.308 e. The molecule has 1 amide bonds. The van der Waals surface area contributed by atoms with E-state index in [2.05, 4.69) is 0 Å². The zero-order chi connectivity index (χ0) is 14.9. The summed E-state index contributed by atoms with van der Waals surface area (Å²) in [6, 6.07) is 10.1. The molecule has 0 aromatic heterocycles. The molecule has 3 rings (SSSR count). The van der Waals surface area contributed by atoms with Crippen LogP contribution in [-0.4, -0.2) is 37.0 Å². The van der Waals surface area contributed by atoms with E-state index >= 15 is 0 Å². The summed E-state index contributed by atoms with van der Waals surface area (Å²) < 4.78 is 4.79. The molecule has 1 aliphatic heterocycles. The number of amides is 1. The number of esters is 1. The number of carbonyl (C=O) groups is 2. The first-order valence-electron chi connectivity index (χ1n) is 7.60. The van der Waals surface area contributed by atoms with Crippen LogP contribution in [-0.2, 0) is 19.7 Å². The Morgan fingerprint density at radius 3 is 2.29 bits per heavy atom. The van der Waals surface area contributed by atoms with Gasteiger partial charge in [-0.3, -0.25) is 9.59 Å². The number of piperidine rings is 1. The Morgan fingerprint density at radius 2 is 1.76 bits per heavy atom. The fourth-order valence-electron chi connectivity index (χ4n) is 3.30. The Morgan fingerprint density at radius 1 is 1.14 bits per heavy atom. The second kappa shape index (κ2) is 5.51. The van der Waals surface area contributed by atoms with Gasteiger partial charge >= 0.3 is 5.97 Å². The second-order valence-electron chi connectivity index (χ2n) is 6.04. The normalized spacial score (nSPS) is 20.9. The molecule has 1 heterocycles. The van der Waals surface area contributed by atoms with Crippen LogP contribution in [0.1, 0.15) is 31.2 Å². The molecule has 4 nitrogen and oxygen atoms in total. The summed E-state index contributed by atoms with van der Waals surface area (Å²) in [5.74, 6) is 0.0363. The number of benzene rings is 1. The number of rotatable bonds is 3. The molecular weight excluding hydrogens is 266 g/mol. The maximum atomic E-state index is 12.8. The van der Waals surface area contributed by atoms with Gasteiger partial charge in [0.1, 0.15) is 0 Å². The molecule has 0 N–H and O–H groups in total. The van der Waals surface area contributed by atoms with Crippen molar-refractivity contribution in [3.63, 3.8) is 0 Å². The first-order valence-corrected chi connectivity index (χ1v) is 7.60. The molecule has 0 radical (unpaired) electrons. The van der Waals surface area contributed by atoms with E-state index in [1.54, 1.807) is 0 Å². The van der Waals surface area contributed by atoms with E-state index in [4.69, 9.17) is 4.74 Å². The van der Waals surface area contributed by atoms with Gasteiger partial charge in [0.05, 0.1) is 18.4 Å². The molecule has 0 unspecified atom stereocenters. The van der Waals surface area contributed by atoms with Gasteiger partial charge in [0.25, 0.3) is 0 Å². The number of likely N-dealkylation sites (tertiary alicyclic amines) is 1. The maximum absolute atomic E-state index is 12.8. The summed E-state index contributed by atoms with van der Waals surface area (Å²) in [4.78, 5) is 26.3. The number of nitrogens with zero attached hydrogens (tertiary/aromatic N) is 1. The Bertz CT molecular complexity index is 528. The van der Waals surface area contributed by atoms with Gasteiger partial charge in [0.2, 0.25) is 5.91 Å². The minimum Gasteiger partial charge on any atom is -0.469 e. The molecule has 1 saturated heterocycles. The average molecular weight is 287 g/mol. The highest BCUT2D eigenvalue weighted by atomic mass is 16.5. The Balaban J connectivity index is 1.66. The van der Waals surface area contributed by atoms with Gasteiger partial charge in [-0.15, -0.1) is 0 Å². The van der Waals surface area contributed by atoms with Crippen molar-refractivity contribution in [2.24, 2.45) is 5.92 Å². The Labute approximate surface area is 125 Å². The minimum absolute atomic E-state index is 0.0501. The zero-order valence-electron chi connectivity index (χ0n) is 12.4. The van der Waals surface area contributed by atoms with Gasteiger partial charge in [-0.05, 0) is 31.2 Å². The predicted molar refractivity (Wildman–Crippen MR) is 78.7 cm³/mol. The molecule has 112 valence electrons. The summed E-state index contributed by atoms with van der Waals surface area (Å²) in [7, 11) is 1.43. The lowest BCUT2D eigenvalue weighted by Crippen LogP contribution is -2.45. The standard InChI is InChI=1S/C17H21NO3/c1-21-15(19)13-7-11-18(12-8-13)16(20)17(9-10-17)14-5-3-2-4-6-14/h2-6,13H,7-12H2,1H3. The van der Waals surface area contributed by atoms with Crippen molar-refractivity contribution in [3.05, 3.63) is 35.9 Å². The molecule has 0 bridgehead atoms. The third kappa shape index (κ3) is 2.55. The van der Waals surface area contributed by atoms with Crippen LogP contribution in [0.4, 0.5) is 0 Å². The Hall–Kier alpha value is -1.84. The first kappa shape index (κ1) is 14.1. The third-order valence-electron chi connectivity index (χ3n) is 4.80. The van der Waals surface area contributed by atoms with E-state index in [1.165, 1.54) is 7.11 Å². The largest absolute Gasteiger partial charge is 0.469 e. The van der Waals surface area contributed by atoms with Crippen LogP contribution < -0.4 is 0 Å². The number of methoxy groups -OCH3 is 1. The summed E-state index contributed by atoms with van der Waals surface area (Å²) in [5, 5.41) is 0. The minimum atomic E-state index is -0.292. The van der Waals surface area contributed by atoms with Gasteiger partial charge in [-0.25, -0.2) is 0 Å². The van der Waals surface area contributed by atoms with Crippen molar-refractivity contribution in [1.29, 1.82) is 0 Å². The van der Waals surface area contributed by atoms with Gasteiger partial charge in [0.15, 0.2) is 0 Å². The number of hydrogen-bond acceptors (Lipinski definition) is 3. The van der Waals surface area contributed by atoms with E-state index < -0.39 is 0 Å². The van der Waals surface area contributed by atoms with E-state index in [9.17, 15) is 9.59 Å². The topological polar surface area (TPSA) is 46.6 Å². The van der Waals surface area contributed by atoms with Crippen LogP contribution in [0.25, 0.3) is 0 Å². The quantitative estimate of drug-likeness (QED) is 0.800. The fourth-order valence-corrected chi connectivity index (χ4v) is 3.30. The van der Waals surface area contributed by atoms with E-state index in [0.29, 0.717) is 25.9 Å². The molecule has 0 spiro atoms. The number of hydrogen-bond donors (Lipinski definition) is 0. The predicted octanol–water partition coefficient (Wildman–Crippen LogP) is 2.13. The Kier molecular flexibility index (Phi) is 3.70. The van der Waals surface area contributed by atoms with Crippen molar-refractivity contribution in [1.82, 2.24) is 4.90 Å². The highest BCUT2D eigenvalue weighted by Gasteiger charge is 2.53. The maximum Gasteiger partial charge on any atom is 0.308 e. The molecule has 0 atom stereocenters. The third-order valence-corrected chi connectivity index (χ3v) is 4.80. The van der Waals surface area contributed by atoms with Crippen molar-refractivity contribution >= 4 is 11.9 Å². The van der Waals surface area contributed by atoms with Crippen molar-refractivity contribution in [2.45, 2.75) is 31.1 Å². The zero-order valence-corrected chi connectivity index (χ0v) is 12.4. The van der Waals surface area contributed by atoms with Crippen molar-refractivity contribution < 1.29 is 14.3 Å². The van der Waals surface area contributed by atoms with Gasteiger partial charge < -0.3 is 9.64 Å². The molecule has 2 fully saturated rings. The molecule has 1 aromatic carbocycles. The molecule has 4 heteroatoms. The van der Waals surface area contributed by atoms with Crippen LogP contribution in [0.2, 0.25) is 0 Å². The molecule has 1 aromatic rings. The van der Waals surface area contributed by atoms with Gasteiger partial charge in [-0.2, -0.15) is 0 Å². The molecule has 2 aliphatic rings. The highest BCUT2D eigenvalue weighted by Crippen LogP contribution is 2.49. The molecule has 1 aliphatic carbocycles. The molecular formula is C17H21NO3. The summed E-state index contributed by atoms with van der Waals surface area (Å²) in [5.41, 5.74) is 0.837. The molecule has 1 saturated carbocycles. The summed E-state index contributed by atoms with van der Waals surface area (Å²) in [6.45, 7) is 1.32. The number of ether oxygens (including phenoxy) is 1. The van der Waals surface area contributed by atoms with E-state index in [-0.39, 0.29) is 23.2 Å². The van der Waals surface area contributed by atoms with Crippen LogP contribution >= 0.6 is 0 Å². The van der Waals surface area contributed by atoms with Crippen molar-refractivity contribution in [2.75, 3.05) is 20.2 Å². The van der Waals surface area contributed by atoms with Crippen LogP contribution in [0.15, 0.2) is 30.3 Å². The van der Waals surface area contributed by atoms with Gasteiger partial charge in [0, 0.05) is 13.1 Å². The van der Waals surface area contributed by atoms with E-state index in [1.807, 2.05) is 35.2 Å². The number of carbonyl (C=O) groups excluding carboxylic acids is 2. The van der Waals surface area contributed by atoms with Crippen LogP contribution in [0.5, 0.6) is 0 Å². The average Bonchev–Trinajstić information content (AvgIpc) is 3.36.